The summed E-state index contributed by atoms with van der Waals surface area (Å²) in [7, 11) is 0. The first-order valence-electron chi connectivity index (χ1n) is 8.34. The molecule has 0 bridgehead atoms. The van der Waals surface area contributed by atoms with Crippen molar-refractivity contribution in [2.75, 3.05) is 0 Å². The second-order valence-electron chi connectivity index (χ2n) is 6.07. The molecule has 1 heterocycles. The highest BCUT2D eigenvalue weighted by molar-refractivity contribution is 5.87. The van der Waals surface area contributed by atoms with Gasteiger partial charge < -0.3 is 0 Å². The summed E-state index contributed by atoms with van der Waals surface area (Å²) in [5.74, 6) is -0.144. The van der Waals surface area contributed by atoms with Crippen molar-refractivity contribution in [1.29, 1.82) is 0 Å². The predicted molar refractivity (Wildman–Crippen MR) is 101 cm³/mol. The van der Waals surface area contributed by atoms with Gasteiger partial charge in [0.15, 0.2) is 0 Å². The summed E-state index contributed by atoms with van der Waals surface area (Å²) in [6, 6.07) is 19.9. The number of hydrogen-bond acceptors (Lipinski definition) is 4. The number of hydrazone groups is 1. The number of amides is 1. The molecule has 0 spiro atoms. The minimum atomic E-state index is -0.305. The van der Waals surface area contributed by atoms with E-state index in [2.05, 4.69) is 33.5 Å². The van der Waals surface area contributed by atoms with E-state index < -0.39 is 0 Å². The molecule has 1 aliphatic heterocycles. The van der Waals surface area contributed by atoms with E-state index in [0.717, 1.165) is 16.7 Å². The molecule has 1 saturated heterocycles. The van der Waals surface area contributed by atoms with Crippen LogP contribution in [0.25, 0.3) is 6.08 Å². The summed E-state index contributed by atoms with van der Waals surface area (Å²) < 4.78 is 0. The van der Waals surface area contributed by atoms with Crippen molar-refractivity contribution in [3.63, 3.8) is 0 Å². The second-order valence-corrected chi connectivity index (χ2v) is 6.07. The standard InChI is InChI=1S/C20H22N4O/c1-15(12-16-8-4-2-5-9-16)14-21-24-20(25)19-13-18(22-23-19)17-10-6-3-7-11-17/h2-12,14,18-19,22-23H,13H2,1H3,(H,24,25)/b15-12+,21-14+. The summed E-state index contributed by atoms with van der Waals surface area (Å²) in [5, 5.41) is 4.05. The van der Waals surface area contributed by atoms with Gasteiger partial charge in [-0.25, -0.2) is 16.3 Å². The number of benzene rings is 2. The fourth-order valence-electron chi connectivity index (χ4n) is 2.76. The molecule has 2 unspecified atom stereocenters. The molecule has 25 heavy (non-hydrogen) atoms. The highest BCUT2D eigenvalue weighted by Crippen LogP contribution is 2.21. The molecule has 3 rings (SSSR count). The first kappa shape index (κ1) is 17.1. The highest BCUT2D eigenvalue weighted by Gasteiger charge is 2.29. The van der Waals surface area contributed by atoms with Crippen LogP contribution in [0.1, 0.15) is 30.5 Å². The van der Waals surface area contributed by atoms with Gasteiger partial charge >= 0.3 is 0 Å². The molecule has 2 aromatic rings. The smallest absolute Gasteiger partial charge is 0.258 e. The van der Waals surface area contributed by atoms with E-state index in [-0.39, 0.29) is 18.0 Å². The van der Waals surface area contributed by atoms with E-state index in [9.17, 15) is 4.79 Å². The molecular formula is C20H22N4O. The zero-order valence-corrected chi connectivity index (χ0v) is 14.1. The molecule has 0 radical (unpaired) electrons. The zero-order chi connectivity index (χ0) is 17.5. The van der Waals surface area contributed by atoms with Gasteiger partial charge in [0, 0.05) is 6.04 Å². The largest absolute Gasteiger partial charge is 0.271 e. The Bertz CT molecular complexity index is 756. The Labute approximate surface area is 147 Å². The Morgan fingerprint density at radius 3 is 2.48 bits per heavy atom. The monoisotopic (exact) mass is 334 g/mol. The quantitative estimate of drug-likeness (QED) is 0.582. The van der Waals surface area contributed by atoms with Crippen LogP contribution in [0.15, 0.2) is 71.3 Å². The molecule has 0 aliphatic carbocycles. The van der Waals surface area contributed by atoms with Crippen molar-refractivity contribution >= 4 is 18.2 Å². The second kappa shape index (κ2) is 8.37. The summed E-state index contributed by atoms with van der Waals surface area (Å²) in [5.41, 5.74) is 12.0. The number of hydrogen-bond donors (Lipinski definition) is 3. The number of allylic oxidation sites excluding steroid dienone is 1. The fraction of sp³-hybridized carbons (Fsp3) is 0.200. The van der Waals surface area contributed by atoms with Crippen molar-refractivity contribution in [1.82, 2.24) is 16.3 Å². The summed E-state index contributed by atoms with van der Waals surface area (Å²) in [4.78, 5) is 12.2. The molecule has 128 valence electrons. The first-order valence-corrected chi connectivity index (χ1v) is 8.34. The number of hydrazine groups is 1. The molecule has 5 nitrogen and oxygen atoms in total. The molecule has 1 aliphatic rings. The fourth-order valence-corrected chi connectivity index (χ4v) is 2.76. The van der Waals surface area contributed by atoms with Crippen LogP contribution in [0.4, 0.5) is 0 Å². The third-order valence-corrected chi connectivity index (χ3v) is 4.06. The Hall–Kier alpha value is -2.76. The number of carbonyl (C=O) groups excluding carboxylic acids is 1. The van der Waals surface area contributed by atoms with Crippen molar-refractivity contribution < 1.29 is 4.79 Å². The van der Waals surface area contributed by atoms with Crippen molar-refractivity contribution in [2.24, 2.45) is 5.10 Å². The Morgan fingerprint density at radius 2 is 1.76 bits per heavy atom. The van der Waals surface area contributed by atoms with Gasteiger partial charge in [-0.1, -0.05) is 66.7 Å². The average molecular weight is 334 g/mol. The maximum absolute atomic E-state index is 12.2. The van der Waals surface area contributed by atoms with Crippen LogP contribution < -0.4 is 16.3 Å². The molecule has 0 aromatic heterocycles. The van der Waals surface area contributed by atoms with Crippen LogP contribution >= 0.6 is 0 Å². The van der Waals surface area contributed by atoms with Crippen molar-refractivity contribution in [3.8, 4) is 0 Å². The molecule has 2 aromatic carbocycles. The van der Waals surface area contributed by atoms with E-state index in [0.29, 0.717) is 6.42 Å². The van der Waals surface area contributed by atoms with Crippen LogP contribution in [-0.2, 0) is 4.79 Å². The van der Waals surface area contributed by atoms with Crippen molar-refractivity contribution in [2.45, 2.75) is 25.4 Å². The summed E-state index contributed by atoms with van der Waals surface area (Å²) in [6.45, 7) is 1.95. The van der Waals surface area contributed by atoms with Crippen LogP contribution in [0.2, 0.25) is 0 Å². The number of carbonyl (C=O) groups is 1. The molecule has 1 fully saturated rings. The van der Waals surface area contributed by atoms with E-state index >= 15 is 0 Å². The lowest BCUT2D eigenvalue weighted by Crippen LogP contribution is -2.41. The summed E-state index contributed by atoms with van der Waals surface area (Å²) >= 11 is 0. The van der Waals surface area contributed by atoms with Gasteiger partial charge in [-0.3, -0.25) is 4.79 Å². The highest BCUT2D eigenvalue weighted by atomic mass is 16.2. The Kier molecular flexibility index (Phi) is 5.72. The van der Waals surface area contributed by atoms with E-state index in [1.807, 2.05) is 61.5 Å². The average Bonchev–Trinajstić information content (AvgIpc) is 3.13. The van der Waals surface area contributed by atoms with Gasteiger partial charge in [0.05, 0.1) is 6.21 Å². The van der Waals surface area contributed by atoms with Gasteiger partial charge in [0.25, 0.3) is 5.91 Å². The molecule has 2 atom stereocenters. The van der Waals surface area contributed by atoms with Gasteiger partial charge in [-0.15, -0.1) is 0 Å². The zero-order valence-electron chi connectivity index (χ0n) is 14.1. The van der Waals surface area contributed by atoms with Crippen LogP contribution in [0.5, 0.6) is 0 Å². The molecule has 1 amide bonds. The minimum Gasteiger partial charge on any atom is -0.271 e. The topological polar surface area (TPSA) is 65.5 Å². The van der Waals surface area contributed by atoms with E-state index in [1.165, 1.54) is 0 Å². The molecular weight excluding hydrogens is 312 g/mol. The summed E-state index contributed by atoms with van der Waals surface area (Å²) in [6.07, 6.45) is 4.35. The lowest BCUT2D eigenvalue weighted by molar-refractivity contribution is -0.122. The maximum atomic E-state index is 12.2. The van der Waals surface area contributed by atoms with E-state index in [1.54, 1.807) is 6.21 Å². The molecule has 5 heteroatoms. The van der Waals surface area contributed by atoms with Crippen molar-refractivity contribution in [3.05, 3.63) is 77.4 Å². The third kappa shape index (κ3) is 4.86. The third-order valence-electron chi connectivity index (χ3n) is 4.06. The number of nitrogens with one attached hydrogen (secondary N) is 3. The number of rotatable bonds is 5. The molecule has 0 saturated carbocycles. The van der Waals surface area contributed by atoms with Crippen LogP contribution in [0.3, 0.4) is 0 Å². The molecule has 3 N–H and O–H groups in total. The van der Waals surface area contributed by atoms with Crippen LogP contribution in [0, 0.1) is 0 Å². The number of nitrogens with zero attached hydrogens (tertiary/aromatic N) is 1. The van der Waals surface area contributed by atoms with Gasteiger partial charge in [-0.2, -0.15) is 5.10 Å². The van der Waals surface area contributed by atoms with E-state index in [4.69, 9.17) is 0 Å². The van der Waals surface area contributed by atoms with Gasteiger partial charge in [-0.05, 0) is 30.0 Å². The first-order chi connectivity index (χ1) is 12.2. The van der Waals surface area contributed by atoms with Gasteiger partial charge in [0.1, 0.15) is 6.04 Å². The SMILES string of the molecule is CC(/C=N/NC(=O)C1CC(c2ccccc2)NN1)=C\c1ccccc1. The Balaban J connectivity index is 1.50. The minimum absolute atomic E-state index is 0.126. The van der Waals surface area contributed by atoms with Gasteiger partial charge in [0.2, 0.25) is 0 Å². The normalized spacial score (nSPS) is 20.8. The predicted octanol–water partition coefficient (Wildman–Crippen LogP) is 2.80. The lowest BCUT2D eigenvalue weighted by Gasteiger charge is -2.08. The van der Waals surface area contributed by atoms with Crippen LogP contribution in [-0.4, -0.2) is 18.2 Å². The Morgan fingerprint density at radius 1 is 1.08 bits per heavy atom. The maximum Gasteiger partial charge on any atom is 0.258 e. The lowest BCUT2D eigenvalue weighted by atomic mass is 10.0.